The van der Waals surface area contributed by atoms with Crippen LogP contribution in [0, 0.1) is 13.8 Å². The predicted molar refractivity (Wildman–Crippen MR) is 214 cm³/mol. The monoisotopic (exact) mass is 699 g/mol. The van der Waals surface area contributed by atoms with Crippen LogP contribution in [0.25, 0.3) is 0 Å². The van der Waals surface area contributed by atoms with Gasteiger partial charge in [0.25, 0.3) is 0 Å². The van der Waals surface area contributed by atoms with Gasteiger partial charge in [-0.15, -0.1) is 0 Å². The van der Waals surface area contributed by atoms with Crippen LogP contribution in [0.3, 0.4) is 0 Å². The Bertz CT molecular complexity index is 1040. The highest BCUT2D eigenvalue weighted by molar-refractivity contribution is 5.99. The maximum absolute atomic E-state index is 13.2. The van der Waals surface area contributed by atoms with E-state index < -0.39 is 0 Å². The maximum Gasteiger partial charge on any atom is 0.311 e. The van der Waals surface area contributed by atoms with E-state index in [0.717, 1.165) is 68.9 Å². The van der Waals surface area contributed by atoms with Gasteiger partial charge in [0, 0.05) is 19.3 Å². The van der Waals surface area contributed by atoms with Gasteiger partial charge >= 0.3 is 5.97 Å². The highest BCUT2D eigenvalue weighted by Gasteiger charge is 2.21. The Morgan fingerprint density at radius 1 is 0.480 bits per heavy atom. The van der Waals surface area contributed by atoms with E-state index in [4.69, 9.17) is 4.74 Å². The number of unbranched alkanes of at least 4 members (excludes halogenated alkanes) is 24. The third kappa shape index (κ3) is 23.2. The molecular weight excluding hydrogens is 620 g/mol. The summed E-state index contributed by atoms with van der Waals surface area (Å²) in [7, 11) is 0. The summed E-state index contributed by atoms with van der Waals surface area (Å²) in [6.45, 7) is 10.6. The number of hydrogen-bond donors (Lipinski definition) is 2. The van der Waals surface area contributed by atoms with Crippen molar-refractivity contribution in [2.45, 2.75) is 227 Å². The molecule has 1 rings (SSSR count). The molecule has 1 aromatic carbocycles. The molecule has 0 fully saturated rings. The summed E-state index contributed by atoms with van der Waals surface area (Å²) in [5, 5.41) is 6.13. The lowest BCUT2D eigenvalue weighted by molar-refractivity contribution is -0.134. The minimum atomic E-state index is -0.319. The van der Waals surface area contributed by atoms with Gasteiger partial charge in [-0.25, -0.2) is 0 Å². The SMILES string of the molecule is CCCCCCCCCCCC(=O)Nc1cc(C)c(C)c(NC(=O)CCCCCCCCCCC)c1OC(=O)CCCCCCCCCCC. The van der Waals surface area contributed by atoms with Crippen molar-refractivity contribution in [2.24, 2.45) is 0 Å². The molecule has 0 radical (unpaired) electrons. The number of aryl methyl sites for hydroxylation is 1. The Hall–Kier alpha value is -2.37. The van der Waals surface area contributed by atoms with Crippen molar-refractivity contribution in [3.05, 3.63) is 17.2 Å². The first-order valence-electron chi connectivity index (χ1n) is 21.3. The predicted octanol–water partition coefficient (Wildman–Crippen LogP) is 13.8. The number of anilines is 2. The summed E-state index contributed by atoms with van der Waals surface area (Å²) in [4.78, 5) is 39.4. The third-order valence-corrected chi connectivity index (χ3v) is 10.1. The number of carbonyl (C=O) groups excluding carboxylic acids is 3. The second-order valence-electron chi connectivity index (χ2n) is 14.9. The third-order valence-electron chi connectivity index (χ3n) is 10.1. The van der Waals surface area contributed by atoms with E-state index in [1.165, 1.54) is 116 Å². The van der Waals surface area contributed by atoms with Gasteiger partial charge in [0.1, 0.15) is 0 Å². The van der Waals surface area contributed by atoms with Crippen LogP contribution < -0.4 is 15.4 Å². The number of amides is 2. The summed E-state index contributed by atoms with van der Waals surface area (Å²) in [5.41, 5.74) is 2.76. The van der Waals surface area contributed by atoms with Crippen molar-refractivity contribution in [3.63, 3.8) is 0 Å². The van der Waals surface area contributed by atoms with Gasteiger partial charge in [0.05, 0.1) is 11.4 Å². The minimum absolute atomic E-state index is 0.0788. The molecule has 50 heavy (non-hydrogen) atoms. The van der Waals surface area contributed by atoms with Crippen molar-refractivity contribution < 1.29 is 19.1 Å². The number of rotatable bonds is 33. The topological polar surface area (TPSA) is 84.5 Å². The van der Waals surface area contributed by atoms with Crippen LogP contribution >= 0.6 is 0 Å². The van der Waals surface area contributed by atoms with Gasteiger partial charge in [0.15, 0.2) is 5.75 Å². The van der Waals surface area contributed by atoms with Crippen LogP contribution in [0.5, 0.6) is 5.75 Å². The summed E-state index contributed by atoms with van der Waals surface area (Å²) in [5.74, 6) is -0.209. The molecule has 0 bridgehead atoms. The smallest absolute Gasteiger partial charge is 0.311 e. The van der Waals surface area contributed by atoms with E-state index in [0.29, 0.717) is 30.6 Å². The van der Waals surface area contributed by atoms with Crippen molar-refractivity contribution >= 4 is 29.2 Å². The number of carbonyl (C=O) groups is 3. The number of nitrogens with one attached hydrogen (secondary N) is 2. The first kappa shape index (κ1) is 45.7. The minimum Gasteiger partial charge on any atom is -0.422 e. The molecule has 0 saturated carbocycles. The quantitative estimate of drug-likeness (QED) is 0.0435. The Kier molecular flexibility index (Phi) is 28.6. The zero-order valence-electron chi connectivity index (χ0n) is 33.4. The Balaban J connectivity index is 2.80. The van der Waals surface area contributed by atoms with E-state index in [2.05, 4.69) is 31.4 Å². The molecule has 2 N–H and O–H groups in total. The largest absolute Gasteiger partial charge is 0.422 e. The molecular formula is C44H78N2O4. The van der Waals surface area contributed by atoms with Gasteiger partial charge in [-0.3, -0.25) is 14.4 Å². The van der Waals surface area contributed by atoms with Crippen LogP contribution in [0.2, 0.25) is 0 Å². The van der Waals surface area contributed by atoms with E-state index in [9.17, 15) is 14.4 Å². The number of benzene rings is 1. The van der Waals surface area contributed by atoms with E-state index in [-0.39, 0.29) is 23.5 Å². The van der Waals surface area contributed by atoms with Crippen molar-refractivity contribution in [3.8, 4) is 5.75 Å². The molecule has 0 aliphatic heterocycles. The Morgan fingerprint density at radius 2 is 0.820 bits per heavy atom. The van der Waals surface area contributed by atoms with Crippen molar-refractivity contribution in [1.29, 1.82) is 0 Å². The van der Waals surface area contributed by atoms with E-state index in [1.54, 1.807) is 0 Å². The van der Waals surface area contributed by atoms with Gasteiger partial charge < -0.3 is 15.4 Å². The number of esters is 1. The molecule has 0 saturated heterocycles. The second kappa shape index (κ2) is 31.4. The highest BCUT2D eigenvalue weighted by atomic mass is 16.5. The molecule has 288 valence electrons. The second-order valence-corrected chi connectivity index (χ2v) is 14.9. The summed E-state index contributed by atoms with van der Waals surface area (Å²) < 4.78 is 6.01. The van der Waals surface area contributed by atoms with Crippen LogP contribution in [-0.2, 0) is 14.4 Å². The van der Waals surface area contributed by atoms with Crippen LogP contribution in [-0.4, -0.2) is 17.8 Å². The number of ether oxygens (including phenoxy) is 1. The molecule has 0 atom stereocenters. The molecule has 0 aliphatic rings. The zero-order valence-corrected chi connectivity index (χ0v) is 33.4. The average Bonchev–Trinajstić information content (AvgIpc) is 3.09. The fourth-order valence-corrected chi connectivity index (χ4v) is 6.59. The normalized spacial score (nSPS) is 11.1. The first-order chi connectivity index (χ1) is 24.3. The number of hydrogen-bond acceptors (Lipinski definition) is 4. The van der Waals surface area contributed by atoms with Gasteiger partial charge in [-0.1, -0.05) is 175 Å². The summed E-state index contributed by atoms with van der Waals surface area (Å²) in [6, 6.07) is 1.88. The molecule has 1 aromatic rings. The average molecular weight is 699 g/mol. The fourth-order valence-electron chi connectivity index (χ4n) is 6.59. The molecule has 6 heteroatoms. The molecule has 0 spiro atoms. The maximum atomic E-state index is 13.2. The van der Waals surface area contributed by atoms with E-state index in [1.807, 2.05) is 19.9 Å². The van der Waals surface area contributed by atoms with Crippen LogP contribution in [0.4, 0.5) is 11.4 Å². The molecule has 0 heterocycles. The molecule has 2 amide bonds. The zero-order chi connectivity index (χ0) is 36.7. The molecule has 0 unspecified atom stereocenters. The van der Waals surface area contributed by atoms with Crippen molar-refractivity contribution in [1.82, 2.24) is 0 Å². The Morgan fingerprint density at radius 3 is 1.22 bits per heavy atom. The standard InChI is InChI=1S/C44H78N2O4/c1-6-9-12-15-18-21-24-27-30-33-40(47)45-39-36-37(4)38(5)43(46-41(48)34-31-28-25-22-19-16-13-10-7-2)44(39)50-42(49)35-32-29-26-23-20-17-14-11-8-3/h36H,6-35H2,1-5H3,(H,45,47)(H,46,48). The molecule has 0 aliphatic carbocycles. The lowest BCUT2D eigenvalue weighted by Crippen LogP contribution is -2.19. The van der Waals surface area contributed by atoms with E-state index >= 15 is 0 Å². The lowest BCUT2D eigenvalue weighted by Gasteiger charge is -2.20. The highest BCUT2D eigenvalue weighted by Crippen LogP contribution is 2.39. The van der Waals surface area contributed by atoms with Gasteiger partial charge in [-0.05, 0) is 50.3 Å². The van der Waals surface area contributed by atoms with Crippen molar-refractivity contribution in [2.75, 3.05) is 10.6 Å². The summed E-state index contributed by atoms with van der Waals surface area (Å²) >= 11 is 0. The Labute approximate surface area is 308 Å². The lowest BCUT2D eigenvalue weighted by atomic mass is 10.0. The fraction of sp³-hybridized carbons (Fsp3) is 0.795. The summed E-state index contributed by atoms with van der Waals surface area (Å²) in [6.07, 6.45) is 33.2. The van der Waals surface area contributed by atoms with Gasteiger partial charge in [0.2, 0.25) is 11.8 Å². The molecule has 6 nitrogen and oxygen atoms in total. The van der Waals surface area contributed by atoms with Crippen LogP contribution in [0.15, 0.2) is 6.07 Å². The van der Waals surface area contributed by atoms with Gasteiger partial charge in [-0.2, -0.15) is 0 Å². The molecule has 0 aromatic heterocycles. The first-order valence-corrected chi connectivity index (χ1v) is 21.3. The van der Waals surface area contributed by atoms with Crippen LogP contribution in [0.1, 0.15) is 225 Å².